The van der Waals surface area contributed by atoms with E-state index in [1.165, 1.54) is 17.7 Å². The molecule has 1 fully saturated rings. The third kappa shape index (κ3) is 2.38. The lowest BCUT2D eigenvalue weighted by Gasteiger charge is -2.16. The van der Waals surface area contributed by atoms with Crippen molar-refractivity contribution >= 4 is 0 Å². The van der Waals surface area contributed by atoms with Crippen molar-refractivity contribution in [3.05, 3.63) is 32.6 Å². The summed E-state index contributed by atoms with van der Waals surface area (Å²) in [6, 6.07) is 1.76. The maximum atomic E-state index is 12.2. The third-order valence-electron chi connectivity index (χ3n) is 3.29. The molecule has 8 heteroatoms. The van der Waals surface area contributed by atoms with Gasteiger partial charge >= 0.3 is 5.69 Å². The molecule has 0 unspecified atom stereocenters. The van der Waals surface area contributed by atoms with Crippen LogP contribution in [0.5, 0.6) is 0 Å². The van der Waals surface area contributed by atoms with E-state index in [-0.39, 0.29) is 19.6 Å². The van der Waals surface area contributed by atoms with Crippen molar-refractivity contribution in [1.82, 2.24) is 9.13 Å². The van der Waals surface area contributed by atoms with Gasteiger partial charge in [-0.05, 0) is 6.92 Å². The van der Waals surface area contributed by atoms with Gasteiger partial charge in [0.15, 0.2) is 0 Å². The zero-order valence-corrected chi connectivity index (χ0v) is 10.9. The van der Waals surface area contributed by atoms with Crippen molar-refractivity contribution in [3.63, 3.8) is 0 Å². The minimum Gasteiger partial charge on any atom is -0.394 e. The Labute approximate surface area is 114 Å². The minimum atomic E-state index is -0.881. The molecule has 0 aromatic carbocycles. The molecule has 2 rings (SSSR count). The lowest BCUT2D eigenvalue weighted by atomic mass is 10.2. The number of aryl methyl sites for hydroxylation is 1. The smallest absolute Gasteiger partial charge is 0.334 e. The fourth-order valence-corrected chi connectivity index (χ4v) is 2.22. The van der Waals surface area contributed by atoms with Gasteiger partial charge in [0.1, 0.15) is 18.9 Å². The molecule has 3 atom stereocenters. The van der Waals surface area contributed by atoms with Gasteiger partial charge in [0.05, 0.1) is 18.8 Å². The molecule has 0 bridgehead atoms. The summed E-state index contributed by atoms with van der Waals surface area (Å²) < 4.78 is 7.37. The van der Waals surface area contributed by atoms with Gasteiger partial charge in [0, 0.05) is 18.2 Å². The van der Waals surface area contributed by atoms with Crippen molar-refractivity contribution in [2.75, 3.05) is 6.61 Å². The summed E-state index contributed by atoms with van der Waals surface area (Å²) in [4.78, 5) is 24.0. The summed E-state index contributed by atoms with van der Waals surface area (Å²) >= 11 is 0. The maximum Gasteiger partial charge on any atom is 0.334 e. The normalized spacial score (nSPS) is 25.6. The molecule has 2 heterocycles. The average molecular weight is 281 g/mol. The standard InChI is InChI=1S/C12H15N3O5/c1-7-5-15(10-4-8(17)9(6-16)20-10)12(19)14(3-2-13)11(7)18/h5,8-10,16-17H,3-4,6H2,1H3/t8-,9+,10+/m0/s1. The van der Waals surface area contributed by atoms with Crippen LogP contribution in [0.25, 0.3) is 0 Å². The molecule has 1 aromatic heterocycles. The van der Waals surface area contributed by atoms with Gasteiger partial charge in [-0.3, -0.25) is 9.36 Å². The van der Waals surface area contributed by atoms with Crippen molar-refractivity contribution in [2.24, 2.45) is 0 Å². The second-order valence-corrected chi connectivity index (χ2v) is 4.67. The number of hydrogen-bond acceptors (Lipinski definition) is 6. The maximum absolute atomic E-state index is 12.2. The van der Waals surface area contributed by atoms with Gasteiger partial charge in [-0.2, -0.15) is 5.26 Å². The fraction of sp³-hybridized carbons (Fsp3) is 0.583. The number of rotatable bonds is 3. The molecule has 0 aliphatic carbocycles. The minimum absolute atomic E-state index is 0.134. The van der Waals surface area contributed by atoms with Crippen molar-refractivity contribution < 1.29 is 14.9 Å². The Balaban J connectivity index is 2.47. The third-order valence-corrected chi connectivity index (χ3v) is 3.29. The van der Waals surface area contributed by atoms with Crippen molar-refractivity contribution in [1.29, 1.82) is 5.26 Å². The second-order valence-electron chi connectivity index (χ2n) is 4.67. The molecule has 20 heavy (non-hydrogen) atoms. The quantitative estimate of drug-likeness (QED) is 0.695. The Morgan fingerprint density at radius 2 is 2.25 bits per heavy atom. The Bertz CT molecular complexity index is 657. The molecule has 1 aliphatic heterocycles. The van der Waals surface area contributed by atoms with Crippen LogP contribution in [-0.4, -0.2) is 38.2 Å². The van der Waals surface area contributed by atoms with Crippen LogP contribution < -0.4 is 11.2 Å². The van der Waals surface area contributed by atoms with E-state index in [0.717, 1.165) is 4.57 Å². The molecular formula is C12H15N3O5. The first-order valence-electron chi connectivity index (χ1n) is 6.13. The number of hydrogen-bond donors (Lipinski definition) is 2. The van der Waals surface area contributed by atoms with Gasteiger partial charge in [-0.1, -0.05) is 0 Å². The number of aliphatic hydroxyl groups is 2. The van der Waals surface area contributed by atoms with Gasteiger partial charge in [-0.15, -0.1) is 0 Å². The highest BCUT2D eigenvalue weighted by Gasteiger charge is 2.35. The molecule has 2 N–H and O–H groups in total. The second kappa shape index (κ2) is 5.58. The van der Waals surface area contributed by atoms with Crippen LogP contribution >= 0.6 is 0 Å². The van der Waals surface area contributed by atoms with E-state index in [9.17, 15) is 14.7 Å². The van der Waals surface area contributed by atoms with Gasteiger partial charge in [0.2, 0.25) is 0 Å². The van der Waals surface area contributed by atoms with Crippen LogP contribution in [0.4, 0.5) is 0 Å². The first kappa shape index (κ1) is 14.5. The Morgan fingerprint density at radius 3 is 2.80 bits per heavy atom. The molecule has 0 amide bonds. The number of nitriles is 1. The number of aromatic nitrogens is 2. The Morgan fingerprint density at radius 1 is 1.55 bits per heavy atom. The van der Waals surface area contributed by atoms with Crippen LogP contribution in [0.1, 0.15) is 18.2 Å². The first-order valence-corrected chi connectivity index (χ1v) is 6.13. The Kier molecular flexibility index (Phi) is 4.04. The van der Waals surface area contributed by atoms with Crippen LogP contribution in [0, 0.1) is 18.3 Å². The zero-order valence-electron chi connectivity index (χ0n) is 10.9. The van der Waals surface area contributed by atoms with Gasteiger partial charge in [-0.25, -0.2) is 9.36 Å². The van der Waals surface area contributed by atoms with Crippen molar-refractivity contribution in [2.45, 2.75) is 38.3 Å². The summed E-state index contributed by atoms with van der Waals surface area (Å²) in [6.07, 6.45) is -0.929. The molecule has 1 saturated heterocycles. The van der Waals surface area contributed by atoms with Crippen LogP contribution in [0.3, 0.4) is 0 Å². The summed E-state index contributed by atoms with van der Waals surface area (Å²) in [7, 11) is 0. The van der Waals surface area contributed by atoms with Gasteiger partial charge in [0.25, 0.3) is 5.56 Å². The summed E-state index contributed by atoms with van der Waals surface area (Å²) in [5.74, 6) is 0. The number of ether oxygens (including phenoxy) is 1. The molecule has 1 aliphatic rings. The molecule has 0 saturated carbocycles. The van der Waals surface area contributed by atoms with E-state index >= 15 is 0 Å². The predicted molar refractivity (Wildman–Crippen MR) is 66.9 cm³/mol. The predicted octanol–water partition coefficient (Wildman–Crippen LogP) is -1.52. The topological polar surface area (TPSA) is 117 Å². The summed E-state index contributed by atoms with van der Waals surface area (Å²) in [5.41, 5.74) is -0.895. The van der Waals surface area contributed by atoms with E-state index < -0.39 is 29.7 Å². The molecule has 1 aromatic rings. The average Bonchev–Trinajstić information content (AvgIpc) is 2.80. The molecule has 0 radical (unpaired) electrons. The monoisotopic (exact) mass is 281 g/mol. The van der Waals surface area contributed by atoms with Gasteiger partial charge < -0.3 is 14.9 Å². The SMILES string of the molecule is Cc1cn([C@H]2C[C@H](O)[C@@H](CO)O2)c(=O)n(CC#N)c1=O. The molecule has 108 valence electrons. The number of nitrogens with zero attached hydrogens (tertiary/aromatic N) is 3. The lowest BCUT2D eigenvalue weighted by molar-refractivity contribution is -0.0463. The van der Waals surface area contributed by atoms with E-state index in [2.05, 4.69) is 0 Å². The van der Waals surface area contributed by atoms with Crippen molar-refractivity contribution in [3.8, 4) is 6.07 Å². The van der Waals surface area contributed by atoms with Crippen LogP contribution in [0.2, 0.25) is 0 Å². The van der Waals surface area contributed by atoms with Crippen LogP contribution in [-0.2, 0) is 11.3 Å². The van der Waals surface area contributed by atoms with E-state index in [4.69, 9.17) is 15.1 Å². The molecular weight excluding hydrogens is 266 g/mol. The summed E-state index contributed by atoms with van der Waals surface area (Å²) in [6.45, 7) is 0.822. The van der Waals surface area contributed by atoms with E-state index in [1.807, 2.05) is 0 Å². The van der Waals surface area contributed by atoms with E-state index in [1.54, 1.807) is 6.07 Å². The highest BCUT2D eigenvalue weighted by atomic mass is 16.5. The van der Waals surface area contributed by atoms with E-state index in [0.29, 0.717) is 5.56 Å². The fourth-order valence-electron chi connectivity index (χ4n) is 2.22. The van der Waals surface area contributed by atoms with Crippen LogP contribution in [0.15, 0.2) is 15.8 Å². The first-order chi connectivity index (χ1) is 9.49. The molecule has 8 nitrogen and oxygen atoms in total. The molecule has 0 spiro atoms. The summed E-state index contributed by atoms with van der Waals surface area (Å²) in [5, 5.41) is 27.4. The highest BCUT2D eigenvalue weighted by molar-refractivity contribution is 5.04. The zero-order chi connectivity index (χ0) is 14.9. The largest absolute Gasteiger partial charge is 0.394 e. The number of aliphatic hydroxyl groups excluding tert-OH is 2. The highest BCUT2D eigenvalue weighted by Crippen LogP contribution is 2.27. The lowest BCUT2D eigenvalue weighted by Crippen LogP contribution is -2.42. The Hall–Kier alpha value is -1.95.